The number of piperazine rings is 1. The standard InChI is InChI=1S/C27H30N6O/c1-3-10-33-26-22(17-28-33)21(16-24(30-26)19-8-9-19)27(34)32-13-11-31(12-14-32)25-15-18(2)20-6-4-5-7-23(20)29-25/h4-7,15-17,19H,3,8-14H2,1-2H3. The molecule has 3 aromatic heterocycles. The minimum atomic E-state index is 0.0904. The molecule has 1 amide bonds. The summed E-state index contributed by atoms with van der Waals surface area (Å²) in [6, 6.07) is 12.5. The smallest absolute Gasteiger partial charge is 0.254 e. The number of carbonyl (C=O) groups excluding carboxylic acids is 1. The molecule has 1 aliphatic carbocycles. The van der Waals surface area contributed by atoms with E-state index >= 15 is 0 Å². The van der Waals surface area contributed by atoms with E-state index in [0.717, 1.165) is 72.5 Å². The van der Waals surface area contributed by atoms with Gasteiger partial charge in [-0.05, 0) is 49.9 Å². The molecule has 0 radical (unpaired) electrons. The Morgan fingerprint density at radius 3 is 2.59 bits per heavy atom. The van der Waals surface area contributed by atoms with E-state index in [2.05, 4.69) is 48.1 Å². The van der Waals surface area contributed by atoms with Crippen LogP contribution in [-0.2, 0) is 6.54 Å². The van der Waals surface area contributed by atoms with Gasteiger partial charge < -0.3 is 9.80 Å². The number of pyridine rings is 2. The molecular formula is C27H30N6O. The van der Waals surface area contributed by atoms with Gasteiger partial charge in [-0.3, -0.25) is 4.79 Å². The number of amides is 1. The second-order valence-electron chi connectivity index (χ2n) is 9.57. The van der Waals surface area contributed by atoms with Gasteiger partial charge in [0, 0.05) is 49.7 Å². The molecule has 7 heteroatoms. The fourth-order valence-electron chi connectivity index (χ4n) is 5.01. The summed E-state index contributed by atoms with van der Waals surface area (Å²) in [5.74, 6) is 1.57. The molecule has 0 N–H and O–H groups in total. The first-order valence-electron chi connectivity index (χ1n) is 12.4. The first-order valence-corrected chi connectivity index (χ1v) is 12.4. The molecular weight excluding hydrogens is 424 g/mol. The number of benzene rings is 1. The molecule has 4 aromatic rings. The lowest BCUT2D eigenvalue weighted by atomic mass is 10.1. The summed E-state index contributed by atoms with van der Waals surface area (Å²) in [6.45, 7) is 7.99. The predicted octanol–water partition coefficient (Wildman–Crippen LogP) is 4.54. The Hall–Kier alpha value is -3.48. The SMILES string of the molecule is CCCn1ncc2c(C(=O)N3CCN(c4cc(C)c5ccccc5n4)CC3)cc(C3CC3)nc21. The quantitative estimate of drug-likeness (QED) is 0.443. The number of para-hydroxylation sites is 1. The highest BCUT2D eigenvalue weighted by atomic mass is 16.2. The first kappa shape index (κ1) is 21.1. The highest BCUT2D eigenvalue weighted by Crippen LogP contribution is 2.40. The van der Waals surface area contributed by atoms with Crippen LogP contribution in [0.15, 0.2) is 42.6 Å². The molecule has 1 aliphatic heterocycles. The van der Waals surface area contributed by atoms with Crippen LogP contribution in [0.25, 0.3) is 21.9 Å². The summed E-state index contributed by atoms with van der Waals surface area (Å²) in [4.78, 5) is 27.7. The largest absolute Gasteiger partial charge is 0.353 e. The van der Waals surface area contributed by atoms with E-state index in [0.29, 0.717) is 19.0 Å². The average Bonchev–Trinajstić information content (AvgIpc) is 3.65. The number of aryl methyl sites for hydroxylation is 2. The van der Waals surface area contributed by atoms with Crippen molar-refractivity contribution in [1.29, 1.82) is 0 Å². The second kappa shape index (κ2) is 8.38. The van der Waals surface area contributed by atoms with Gasteiger partial charge in [-0.1, -0.05) is 25.1 Å². The van der Waals surface area contributed by atoms with Crippen molar-refractivity contribution in [3.8, 4) is 0 Å². The van der Waals surface area contributed by atoms with Crippen LogP contribution >= 0.6 is 0 Å². The van der Waals surface area contributed by atoms with Crippen molar-refractivity contribution in [3.63, 3.8) is 0 Å². The van der Waals surface area contributed by atoms with Crippen molar-refractivity contribution in [2.45, 2.75) is 45.6 Å². The fourth-order valence-corrected chi connectivity index (χ4v) is 5.01. The van der Waals surface area contributed by atoms with Crippen LogP contribution in [0, 0.1) is 6.92 Å². The van der Waals surface area contributed by atoms with Crippen molar-refractivity contribution < 1.29 is 4.79 Å². The molecule has 174 valence electrons. The molecule has 7 nitrogen and oxygen atoms in total. The Balaban J connectivity index is 1.25. The third-order valence-electron chi connectivity index (χ3n) is 7.09. The molecule has 0 spiro atoms. The lowest BCUT2D eigenvalue weighted by molar-refractivity contribution is 0.0748. The number of anilines is 1. The van der Waals surface area contributed by atoms with Gasteiger partial charge in [-0.15, -0.1) is 0 Å². The maximum Gasteiger partial charge on any atom is 0.254 e. The predicted molar refractivity (Wildman–Crippen MR) is 134 cm³/mol. The first-order chi connectivity index (χ1) is 16.6. The van der Waals surface area contributed by atoms with Gasteiger partial charge in [0.25, 0.3) is 5.91 Å². The molecule has 34 heavy (non-hydrogen) atoms. The van der Waals surface area contributed by atoms with E-state index < -0.39 is 0 Å². The number of hydrogen-bond donors (Lipinski definition) is 0. The van der Waals surface area contributed by atoms with Crippen LogP contribution in [0.1, 0.15) is 53.7 Å². The molecule has 2 aliphatic rings. The van der Waals surface area contributed by atoms with Gasteiger partial charge in [0.1, 0.15) is 5.82 Å². The molecule has 6 rings (SSSR count). The summed E-state index contributed by atoms with van der Waals surface area (Å²) in [5.41, 5.74) is 4.90. The monoisotopic (exact) mass is 454 g/mol. The van der Waals surface area contributed by atoms with E-state index in [1.807, 2.05) is 27.9 Å². The van der Waals surface area contributed by atoms with Crippen LogP contribution in [0.3, 0.4) is 0 Å². The maximum absolute atomic E-state index is 13.7. The van der Waals surface area contributed by atoms with Crippen molar-refractivity contribution in [1.82, 2.24) is 24.6 Å². The Kier molecular flexibility index (Phi) is 5.20. The van der Waals surface area contributed by atoms with Crippen LogP contribution in [0.4, 0.5) is 5.82 Å². The van der Waals surface area contributed by atoms with Gasteiger partial charge in [0.05, 0.1) is 22.7 Å². The Bertz CT molecular complexity index is 1380. The highest BCUT2D eigenvalue weighted by Gasteiger charge is 2.30. The van der Waals surface area contributed by atoms with Crippen LogP contribution in [0.2, 0.25) is 0 Å². The molecule has 2 fully saturated rings. The van der Waals surface area contributed by atoms with Crippen LogP contribution < -0.4 is 4.90 Å². The third-order valence-corrected chi connectivity index (χ3v) is 7.09. The average molecular weight is 455 g/mol. The molecule has 1 saturated carbocycles. The van der Waals surface area contributed by atoms with E-state index in [1.165, 1.54) is 10.9 Å². The van der Waals surface area contributed by atoms with E-state index in [4.69, 9.17) is 9.97 Å². The lowest BCUT2D eigenvalue weighted by Crippen LogP contribution is -2.49. The Morgan fingerprint density at radius 2 is 1.82 bits per heavy atom. The summed E-state index contributed by atoms with van der Waals surface area (Å²) in [7, 11) is 0. The topological polar surface area (TPSA) is 67.2 Å². The zero-order valence-electron chi connectivity index (χ0n) is 19.9. The summed E-state index contributed by atoms with van der Waals surface area (Å²) in [5, 5.41) is 6.61. The van der Waals surface area contributed by atoms with Gasteiger partial charge in [-0.25, -0.2) is 14.6 Å². The Labute approximate surface area is 199 Å². The van der Waals surface area contributed by atoms with Crippen molar-refractivity contribution >= 4 is 33.7 Å². The van der Waals surface area contributed by atoms with Gasteiger partial charge in [-0.2, -0.15) is 5.10 Å². The van der Waals surface area contributed by atoms with Gasteiger partial charge in [0.15, 0.2) is 5.65 Å². The molecule has 0 unspecified atom stereocenters. The van der Waals surface area contributed by atoms with Gasteiger partial charge >= 0.3 is 0 Å². The minimum absolute atomic E-state index is 0.0904. The second-order valence-corrected chi connectivity index (χ2v) is 9.57. The third kappa shape index (κ3) is 3.69. The number of aromatic nitrogens is 4. The lowest BCUT2D eigenvalue weighted by Gasteiger charge is -2.35. The maximum atomic E-state index is 13.7. The molecule has 0 bridgehead atoms. The normalized spacial score (nSPS) is 16.5. The summed E-state index contributed by atoms with van der Waals surface area (Å²) in [6.07, 6.45) is 5.12. The van der Waals surface area contributed by atoms with Crippen molar-refractivity contribution in [3.05, 3.63) is 59.4 Å². The summed E-state index contributed by atoms with van der Waals surface area (Å²) < 4.78 is 1.95. The zero-order chi connectivity index (χ0) is 23.2. The molecule has 1 aromatic carbocycles. The number of rotatable bonds is 5. The van der Waals surface area contributed by atoms with Gasteiger partial charge in [0.2, 0.25) is 0 Å². The number of nitrogens with zero attached hydrogens (tertiary/aromatic N) is 6. The number of fused-ring (bicyclic) bond motifs is 2. The van der Waals surface area contributed by atoms with Crippen LogP contribution in [-0.4, -0.2) is 56.7 Å². The number of carbonyl (C=O) groups is 1. The summed E-state index contributed by atoms with van der Waals surface area (Å²) >= 11 is 0. The fraction of sp³-hybridized carbons (Fsp3) is 0.407. The molecule has 0 atom stereocenters. The molecule has 4 heterocycles. The molecule has 1 saturated heterocycles. The van der Waals surface area contributed by atoms with E-state index in [9.17, 15) is 4.79 Å². The highest BCUT2D eigenvalue weighted by molar-refractivity contribution is 6.05. The van der Waals surface area contributed by atoms with E-state index in [1.54, 1.807) is 0 Å². The Morgan fingerprint density at radius 1 is 1.03 bits per heavy atom. The zero-order valence-corrected chi connectivity index (χ0v) is 19.9. The van der Waals surface area contributed by atoms with Crippen molar-refractivity contribution in [2.75, 3.05) is 31.1 Å². The van der Waals surface area contributed by atoms with E-state index in [-0.39, 0.29) is 5.91 Å². The number of hydrogen-bond acceptors (Lipinski definition) is 5. The minimum Gasteiger partial charge on any atom is -0.353 e. The van der Waals surface area contributed by atoms with Crippen LogP contribution in [0.5, 0.6) is 0 Å². The van der Waals surface area contributed by atoms with Crippen molar-refractivity contribution in [2.24, 2.45) is 0 Å².